The van der Waals surface area contributed by atoms with E-state index in [1.165, 1.54) is 19.2 Å². The van der Waals surface area contributed by atoms with Crippen LogP contribution in [0.1, 0.15) is 5.56 Å². The largest absolute Gasteiger partial charge is 0.508 e. The van der Waals surface area contributed by atoms with Gasteiger partial charge in [0.15, 0.2) is 6.10 Å². The normalized spacial score (nSPS) is 11.5. The maximum absolute atomic E-state index is 10.6. The van der Waals surface area contributed by atoms with Crippen LogP contribution in [0, 0.1) is 0 Å². The van der Waals surface area contributed by atoms with Gasteiger partial charge < -0.3 is 14.9 Å². The van der Waals surface area contributed by atoms with E-state index in [1.54, 1.807) is 12.1 Å². The van der Waals surface area contributed by atoms with Crippen LogP contribution in [-0.4, -0.2) is 87.6 Å². The SMILES string of the molecule is COC(Cc1ccc(O)cc1)C(=O)O.[Rb]. The standard InChI is InChI=1S/C10H12O4.Rb/c1-14-9(10(12)13)6-7-2-4-8(11)5-3-7;/h2-5,9,11H,6H2,1H3,(H,12,13);. The average Bonchev–Trinajstić information content (AvgIpc) is 2.16. The van der Waals surface area contributed by atoms with Crippen molar-refractivity contribution >= 4 is 64.2 Å². The molecule has 5 heteroatoms. The molecule has 1 aromatic rings. The minimum Gasteiger partial charge on any atom is -0.508 e. The van der Waals surface area contributed by atoms with Crippen molar-refractivity contribution in [2.24, 2.45) is 0 Å². The smallest absolute Gasteiger partial charge is 0.333 e. The van der Waals surface area contributed by atoms with Crippen LogP contribution in [0.5, 0.6) is 5.75 Å². The number of carboxylic acid groups (broad SMARTS) is 1. The fourth-order valence-electron chi connectivity index (χ4n) is 1.12. The van der Waals surface area contributed by atoms with Gasteiger partial charge in [0.05, 0.1) is 0 Å². The molecule has 15 heavy (non-hydrogen) atoms. The van der Waals surface area contributed by atoms with Gasteiger partial charge in [0.25, 0.3) is 0 Å². The van der Waals surface area contributed by atoms with E-state index in [2.05, 4.69) is 0 Å². The van der Waals surface area contributed by atoms with Gasteiger partial charge in [-0.2, -0.15) is 0 Å². The Morgan fingerprint density at radius 3 is 2.33 bits per heavy atom. The predicted octanol–water partition coefficient (Wildman–Crippen LogP) is 0.653. The summed E-state index contributed by atoms with van der Waals surface area (Å²) in [5.41, 5.74) is 0.817. The van der Waals surface area contributed by atoms with Crippen LogP contribution >= 0.6 is 0 Å². The van der Waals surface area contributed by atoms with Crippen molar-refractivity contribution in [3.8, 4) is 5.75 Å². The Hall–Kier alpha value is 0.255. The summed E-state index contributed by atoms with van der Waals surface area (Å²) in [4.78, 5) is 10.6. The van der Waals surface area contributed by atoms with Crippen LogP contribution in [-0.2, 0) is 16.0 Å². The predicted molar refractivity (Wildman–Crippen MR) is 56.0 cm³/mol. The van der Waals surface area contributed by atoms with Crippen LogP contribution in [0.4, 0.5) is 0 Å². The second-order valence-electron chi connectivity index (χ2n) is 2.93. The molecule has 0 aliphatic carbocycles. The number of hydrogen-bond acceptors (Lipinski definition) is 3. The second kappa shape index (κ2) is 7.52. The molecule has 0 saturated carbocycles. The van der Waals surface area contributed by atoms with Gasteiger partial charge in [0, 0.05) is 71.7 Å². The number of phenols is 1. The Balaban J connectivity index is 0.00000196. The van der Waals surface area contributed by atoms with E-state index in [1.807, 2.05) is 0 Å². The van der Waals surface area contributed by atoms with Crippen LogP contribution in [0.25, 0.3) is 0 Å². The van der Waals surface area contributed by atoms with E-state index >= 15 is 0 Å². The summed E-state index contributed by atoms with van der Waals surface area (Å²) in [6.45, 7) is 0. The molecule has 4 nitrogen and oxygen atoms in total. The minimum atomic E-state index is -0.986. The van der Waals surface area contributed by atoms with Crippen molar-refractivity contribution in [3.05, 3.63) is 29.8 Å². The first kappa shape index (κ1) is 15.3. The number of methoxy groups -OCH3 is 1. The van der Waals surface area contributed by atoms with Gasteiger partial charge in [-0.15, -0.1) is 0 Å². The molecule has 0 aromatic heterocycles. The number of ether oxygens (including phenoxy) is 1. The molecule has 0 amide bonds. The molecular weight excluding hydrogens is 270 g/mol. The van der Waals surface area contributed by atoms with Crippen molar-refractivity contribution in [2.75, 3.05) is 7.11 Å². The fourth-order valence-corrected chi connectivity index (χ4v) is 1.12. The summed E-state index contributed by atoms with van der Waals surface area (Å²) in [6, 6.07) is 6.38. The molecule has 2 N–H and O–H groups in total. The average molecular weight is 282 g/mol. The number of benzene rings is 1. The third-order valence-corrected chi connectivity index (χ3v) is 1.92. The van der Waals surface area contributed by atoms with E-state index in [4.69, 9.17) is 14.9 Å². The van der Waals surface area contributed by atoms with E-state index in [0.29, 0.717) is 6.42 Å². The monoisotopic (exact) mass is 281 g/mol. The Morgan fingerprint density at radius 2 is 1.93 bits per heavy atom. The van der Waals surface area contributed by atoms with Gasteiger partial charge in [-0.25, -0.2) is 4.79 Å². The van der Waals surface area contributed by atoms with Crippen molar-refractivity contribution in [1.29, 1.82) is 0 Å². The Morgan fingerprint density at radius 1 is 1.40 bits per heavy atom. The number of rotatable bonds is 4. The van der Waals surface area contributed by atoms with E-state index in [-0.39, 0.29) is 63.9 Å². The van der Waals surface area contributed by atoms with Gasteiger partial charge >= 0.3 is 5.97 Å². The van der Waals surface area contributed by atoms with E-state index in [0.717, 1.165) is 5.56 Å². The summed E-state index contributed by atoms with van der Waals surface area (Å²) >= 11 is 0. The zero-order valence-electron chi connectivity index (χ0n) is 8.80. The molecule has 0 fully saturated rings. The van der Waals surface area contributed by atoms with E-state index in [9.17, 15) is 4.79 Å². The summed E-state index contributed by atoms with van der Waals surface area (Å²) in [5.74, 6) is -0.821. The zero-order valence-corrected chi connectivity index (χ0v) is 13.7. The first-order chi connectivity index (χ1) is 6.63. The van der Waals surface area contributed by atoms with Crippen molar-refractivity contribution in [2.45, 2.75) is 12.5 Å². The van der Waals surface area contributed by atoms with Gasteiger partial charge in [-0.3, -0.25) is 0 Å². The van der Waals surface area contributed by atoms with Gasteiger partial charge in [0.1, 0.15) is 5.75 Å². The van der Waals surface area contributed by atoms with Crippen LogP contribution in [0.15, 0.2) is 24.3 Å². The third-order valence-electron chi connectivity index (χ3n) is 1.92. The summed E-state index contributed by atoms with van der Waals surface area (Å²) < 4.78 is 4.78. The Kier molecular flexibility index (Phi) is 7.64. The molecule has 1 aromatic carbocycles. The number of hydrogen-bond donors (Lipinski definition) is 2. The Bertz CT molecular complexity index is 310. The summed E-state index contributed by atoms with van der Waals surface area (Å²) in [5, 5.41) is 17.7. The molecule has 1 unspecified atom stereocenters. The molecule has 0 spiro atoms. The van der Waals surface area contributed by atoms with Gasteiger partial charge in [0.2, 0.25) is 0 Å². The molecule has 1 radical (unpaired) electrons. The maximum Gasteiger partial charge on any atom is 0.333 e. The third kappa shape index (κ3) is 5.22. The van der Waals surface area contributed by atoms with Gasteiger partial charge in [-0.1, -0.05) is 12.1 Å². The number of aromatic hydroxyl groups is 1. The molecule has 1 atom stereocenters. The number of carboxylic acids is 1. The molecule has 77 valence electrons. The Labute approximate surface area is 137 Å². The molecule has 0 heterocycles. The van der Waals surface area contributed by atoms with E-state index < -0.39 is 12.1 Å². The molecule has 0 saturated heterocycles. The molecule has 0 bridgehead atoms. The van der Waals surface area contributed by atoms with Crippen LogP contribution in [0.3, 0.4) is 0 Å². The number of aliphatic carboxylic acids is 1. The number of carbonyl (C=O) groups is 1. The maximum atomic E-state index is 10.6. The van der Waals surface area contributed by atoms with Gasteiger partial charge in [-0.05, 0) is 17.7 Å². The fraction of sp³-hybridized carbons (Fsp3) is 0.300. The zero-order chi connectivity index (χ0) is 10.6. The molecule has 0 aliphatic rings. The summed E-state index contributed by atoms with van der Waals surface area (Å²) in [7, 11) is 1.36. The quantitative estimate of drug-likeness (QED) is 0.851. The minimum absolute atomic E-state index is 0. The summed E-state index contributed by atoms with van der Waals surface area (Å²) in [6.07, 6.45) is -0.536. The molecule has 1 rings (SSSR count). The second-order valence-corrected chi connectivity index (χ2v) is 2.93. The first-order valence-corrected chi connectivity index (χ1v) is 4.17. The number of phenolic OH excluding ortho intramolecular Hbond substituents is 1. The van der Waals surface area contributed by atoms with Crippen molar-refractivity contribution < 1.29 is 19.7 Å². The molecule has 0 aliphatic heterocycles. The van der Waals surface area contributed by atoms with Crippen LogP contribution in [0.2, 0.25) is 0 Å². The topological polar surface area (TPSA) is 66.8 Å². The van der Waals surface area contributed by atoms with Crippen molar-refractivity contribution in [3.63, 3.8) is 0 Å². The molecular formula is C10H12O4Rb. The van der Waals surface area contributed by atoms with Crippen molar-refractivity contribution in [1.82, 2.24) is 0 Å². The van der Waals surface area contributed by atoms with Crippen LogP contribution < -0.4 is 0 Å². The first-order valence-electron chi connectivity index (χ1n) is 4.17.